The number of aryl methyl sites for hydroxylation is 1. The van der Waals surface area contributed by atoms with Crippen LogP contribution in [-0.4, -0.2) is 36.4 Å². The molecule has 3 aromatic carbocycles. The Morgan fingerprint density at radius 2 is 1.82 bits per heavy atom. The van der Waals surface area contributed by atoms with E-state index in [-0.39, 0.29) is 24.5 Å². The topological polar surface area (TPSA) is 58.6 Å². The van der Waals surface area contributed by atoms with Crippen molar-refractivity contribution in [3.8, 4) is 5.75 Å². The smallest absolute Gasteiger partial charge is 0.257 e. The van der Waals surface area contributed by atoms with Crippen molar-refractivity contribution >= 4 is 11.8 Å². The first kappa shape index (κ1) is 22.2. The van der Waals surface area contributed by atoms with E-state index in [4.69, 9.17) is 4.74 Å². The highest BCUT2D eigenvalue weighted by molar-refractivity contribution is 5.95. The first-order valence-corrected chi connectivity index (χ1v) is 12.0. The molecule has 0 radical (unpaired) electrons. The third-order valence-electron chi connectivity index (χ3n) is 6.64. The molecule has 0 saturated heterocycles. The van der Waals surface area contributed by atoms with Gasteiger partial charge in [0.15, 0.2) is 6.61 Å². The van der Waals surface area contributed by atoms with Gasteiger partial charge in [0.1, 0.15) is 5.75 Å². The maximum atomic E-state index is 13.6. The molecule has 1 saturated carbocycles. The summed E-state index contributed by atoms with van der Waals surface area (Å²) < 4.78 is 5.86. The van der Waals surface area contributed by atoms with E-state index in [0.29, 0.717) is 23.8 Å². The van der Waals surface area contributed by atoms with Gasteiger partial charge in [-0.3, -0.25) is 9.59 Å². The first-order valence-electron chi connectivity index (χ1n) is 12.0. The Bertz CT molecular complexity index is 1190. The van der Waals surface area contributed by atoms with Crippen molar-refractivity contribution in [2.75, 3.05) is 19.7 Å². The van der Waals surface area contributed by atoms with Crippen LogP contribution in [0.4, 0.5) is 0 Å². The largest absolute Gasteiger partial charge is 0.484 e. The van der Waals surface area contributed by atoms with Gasteiger partial charge in [0.25, 0.3) is 11.8 Å². The molecule has 3 aromatic rings. The molecule has 1 aliphatic carbocycles. The summed E-state index contributed by atoms with van der Waals surface area (Å²) in [5.74, 6) is 1.20. The van der Waals surface area contributed by atoms with Crippen molar-refractivity contribution in [1.29, 1.82) is 0 Å². The monoisotopic (exact) mass is 454 g/mol. The van der Waals surface area contributed by atoms with Gasteiger partial charge in [0, 0.05) is 18.7 Å². The molecular weight excluding hydrogens is 424 g/mol. The standard InChI is InChI=1S/C29H30N2O3/c1-20-6-5-9-24(16-20)28-26-17-25(34-19-27(32)30-18-21-10-11-21)13-12-22(26)14-15-31(28)29(33)23-7-3-2-4-8-23/h2-9,12-13,16-17,21,28H,10-11,14-15,18-19H2,1H3,(H,30,32)/t28-/m1/s1. The molecule has 174 valence electrons. The van der Waals surface area contributed by atoms with E-state index < -0.39 is 0 Å². The SMILES string of the molecule is Cc1cccc([C@@H]2c3cc(OCC(=O)NCC4CC4)ccc3CCN2C(=O)c2ccccc2)c1. The molecule has 0 spiro atoms. The zero-order valence-electron chi connectivity index (χ0n) is 19.5. The zero-order valence-corrected chi connectivity index (χ0v) is 19.5. The Morgan fingerprint density at radius 3 is 2.59 bits per heavy atom. The lowest BCUT2D eigenvalue weighted by Gasteiger charge is -2.38. The van der Waals surface area contributed by atoms with E-state index in [9.17, 15) is 9.59 Å². The van der Waals surface area contributed by atoms with Crippen molar-refractivity contribution in [2.24, 2.45) is 5.92 Å². The molecule has 0 bridgehead atoms. The van der Waals surface area contributed by atoms with Gasteiger partial charge in [0.05, 0.1) is 6.04 Å². The average molecular weight is 455 g/mol. The minimum atomic E-state index is -0.219. The Labute approximate surface area is 200 Å². The second kappa shape index (κ2) is 9.72. The number of nitrogens with one attached hydrogen (secondary N) is 1. The molecule has 0 unspecified atom stereocenters. The number of hydrogen-bond donors (Lipinski definition) is 1. The minimum absolute atomic E-state index is 0.00667. The van der Waals surface area contributed by atoms with Crippen molar-refractivity contribution in [3.05, 3.63) is 101 Å². The van der Waals surface area contributed by atoms with Crippen molar-refractivity contribution < 1.29 is 14.3 Å². The fraction of sp³-hybridized carbons (Fsp3) is 0.310. The third-order valence-corrected chi connectivity index (χ3v) is 6.64. The summed E-state index contributed by atoms with van der Waals surface area (Å²) in [5, 5.41) is 2.94. The molecule has 1 fully saturated rings. The van der Waals surface area contributed by atoms with Crippen LogP contribution in [0.5, 0.6) is 5.75 Å². The Kier molecular flexibility index (Phi) is 6.35. The maximum Gasteiger partial charge on any atom is 0.257 e. The molecule has 1 N–H and O–H groups in total. The zero-order chi connectivity index (χ0) is 23.5. The second-order valence-corrected chi connectivity index (χ2v) is 9.33. The Morgan fingerprint density at radius 1 is 1.00 bits per heavy atom. The van der Waals surface area contributed by atoms with E-state index in [1.807, 2.05) is 53.4 Å². The fourth-order valence-electron chi connectivity index (χ4n) is 4.63. The lowest BCUT2D eigenvalue weighted by atomic mass is 9.87. The maximum absolute atomic E-state index is 13.6. The van der Waals surface area contributed by atoms with E-state index in [2.05, 4.69) is 36.5 Å². The molecule has 5 heteroatoms. The second-order valence-electron chi connectivity index (χ2n) is 9.33. The number of carbonyl (C=O) groups is 2. The molecule has 1 atom stereocenters. The molecule has 1 aliphatic heterocycles. The molecule has 1 heterocycles. The normalized spacial score (nSPS) is 17.1. The lowest BCUT2D eigenvalue weighted by molar-refractivity contribution is -0.123. The number of rotatable bonds is 7. The van der Waals surface area contributed by atoms with E-state index >= 15 is 0 Å². The summed E-state index contributed by atoms with van der Waals surface area (Å²) in [4.78, 5) is 27.7. The molecule has 2 amide bonds. The fourth-order valence-corrected chi connectivity index (χ4v) is 4.63. The van der Waals surface area contributed by atoms with E-state index in [1.165, 1.54) is 18.4 Å². The van der Waals surface area contributed by atoms with Crippen LogP contribution in [0.2, 0.25) is 0 Å². The molecule has 2 aliphatic rings. The van der Waals surface area contributed by atoms with Gasteiger partial charge in [-0.05, 0) is 73.1 Å². The van der Waals surface area contributed by atoms with Gasteiger partial charge >= 0.3 is 0 Å². The van der Waals surface area contributed by atoms with Gasteiger partial charge in [-0.1, -0.05) is 54.1 Å². The summed E-state index contributed by atoms with van der Waals surface area (Å²) in [6.45, 7) is 3.44. The van der Waals surface area contributed by atoms with Crippen molar-refractivity contribution in [3.63, 3.8) is 0 Å². The number of ether oxygens (including phenoxy) is 1. The highest BCUT2D eigenvalue weighted by Crippen LogP contribution is 2.38. The lowest BCUT2D eigenvalue weighted by Crippen LogP contribution is -2.40. The predicted octanol–water partition coefficient (Wildman–Crippen LogP) is 4.69. The molecular formula is C29H30N2O3. The number of fused-ring (bicyclic) bond motifs is 1. The highest BCUT2D eigenvalue weighted by atomic mass is 16.5. The van der Waals surface area contributed by atoms with Gasteiger partial charge in [0.2, 0.25) is 0 Å². The summed E-state index contributed by atoms with van der Waals surface area (Å²) in [5.41, 5.74) is 5.16. The van der Waals surface area contributed by atoms with Gasteiger partial charge in [-0.25, -0.2) is 0 Å². The van der Waals surface area contributed by atoms with Crippen LogP contribution in [0, 0.1) is 12.8 Å². The summed E-state index contributed by atoms with van der Waals surface area (Å²) in [7, 11) is 0. The van der Waals surface area contributed by atoms with Crippen LogP contribution < -0.4 is 10.1 Å². The quantitative estimate of drug-likeness (QED) is 0.564. The highest BCUT2D eigenvalue weighted by Gasteiger charge is 2.33. The number of carbonyl (C=O) groups excluding carboxylic acids is 2. The number of nitrogens with zero attached hydrogens (tertiary/aromatic N) is 1. The number of benzene rings is 3. The summed E-state index contributed by atoms with van der Waals surface area (Å²) >= 11 is 0. The predicted molar refractivity (Wildman–Crippen MR) is 132 cm³/mol. The molecule has 0 aromatic heterocycles. The first-order chi connectivity index (χ1) is 16.6. The average Bonchev–Trinajstić information content (AvgIpc) is 3.70. The summed E-state index contributed by atoms with van der Waals surface area (Å²) in [6.07, 6.45) is 3.17. The number of amides is 2. The van der Waals surface area contributed by atoms with Gasteiger partial charge in [-0.15, -0.1) is 0 Å². The van der Waals surface area contributed by atoms with Crippen LogP contribution in [0.15, 0.2) is 72.8 Å². The Hall–Kier alpha value is -3.60. The van der Waals surface area contributed by atoms with E-state index in [1.54, 1.807) is 0 Å². The van der Waals surface area contributed by atoms with E-state index in [0.717, 1.165) is 29.7 Å². The van der Waals surface area contributed by atoms with Crippen LogP contribution >= 0.6 is 0 Å². The van der Waals surface area contributed by atoms with Crippen LogP contribution in [0.3, 0.4) is 0 Å². The Balaban J connectivity index is 1.43. The summed E-state index contributed by atoms with van der Waals surface area (Å²) in [6, 6.07) is 23.5. The van der Waals surface area contributed by atoms with Crippen LogP contribution in [0.25, 0.3) is 0 Å². The van der Waals surface area contributed by atoms with Gasteiger partial charge in [-0.2, -0.15) is 0 Å². The van der Waals surface area contributed by atoms with Gasteiger partial charge < -0.3 is 15.0 Å². The molecule has 5 rings (SSSR count). The van der Waals surface area contributed by atoms with Crippen LogP contribution in [-0.2, 0) is 11.2 Å². The minimum Gasteiger partial charge on any atom is -0.484 e. The molecule has 34 heavy (non-hydrogen) atoms. The number of hydrogen-bond acceptors (Lipinski definition) is 3. The van der Waals surface area contributed by atoms with Crippen LogP contribution in [0.1, 0.15) is 51.5 Å². The molecule has 5 nitrogen and oxygen atoms in total. The van der Waals surface area contributed by atoms with Crippen molar-refractivity contribution in [2.45, 2.75) is 32.2 Å². The van der Waals surface area contributed by atoms with Crippen molar-refractivity contribution in [1.82, 2.24) is 10.2 Å². The third kappa shape index (κ3) is 4.98.